The number of aryl methyl sites for hydroxylation is 1. The molecule has 2 aromatic rings. The van der Waals surface area contributed by atoms with E-state index < -0.39 is 5.97 Å². The number of carboxylic acid groups (broad SMARTS) is 1. The lowest BCUT2D eigenvalue weighted by atomic mass is 10.2. The van der Waals surface area contributed by atoms with Gasteiger partial charge in [0, 0.05) is 30.5 Å². The number of hydrogen-bond acceptors (Lipinski definition) is 4. The van der Waals surface area contributed by atoms with E-state index in [9.17, 15) is 4.79 Å². The van der Waals surface area contributed by atoms with Crippen molar-refractivity contribution in [1.29, 1.82) is 0 Å². The Kier molecular flexibility index (Phi) is 3.74. The van der Waals surface area contributed by atoms with Crippen LogP contribution in [0.5, 0.6) is 0 Å². The van der Waals surface area contributed by atoms with E-state index in [1.807, 2.05) is 19.1 Å². The van der Waals surface area contributed by atoms with Gasteiger partial charge in [-0.05, 0) is 24.6 Å². The lowest BCUT2D eigenvalue weighted by Crippen LogP contribution is -2.14. The van der Waals surface area contributed by atoms with E-state index >= 15 is 0 Å². The van der Waals surface area contributed by atoms with Crippen molar-refractivity contribution < 1.29 is 14.3 Å². The molecule has 0 radical (unpaired) electrons. The van der Waals surface area contributed by atoms with E-state index in [1.165, 1.54) is 6.26 Å². The number of hydrogen-bond donors (Lipinski definition) is 2. The SMILES string of the molecule is Cc1ccc(CNCc2ccoc2C(=O)O)cn1. The summed E-state index contributed by atoms with van der Waals surface area (Å²) in [6.07, 6.45) is 3.18. The molecule has 0 aliphatic carbocycles. The maximum atomic E-state index is 10.8. The average molecular weight is 246 g/mol. The first-order valence-corrected chi connectivity index (χ1v) is 5.58. The molecule has 0 saturated carbocycles. The first-order chi connectivity index (χ1) is 8.66. The lowest BCUT2D eigenvalue weighted by Gasteiger charge is -2.04. The number of carboxylic acids is 1. The summed E-state index contributed by atoms with van der Waals surface area (Å²) >= 11 is 0. The van der Waals surface area contributed by atoms with Crippen LogP contribution in [0.4, 0.5) is 0 Å². The van der Waals surface area contributed by atoms with Gasteiger partial charge < -0.3 is 14.8 Å². The van der Waals surface area contributed by atoms with E-state index in [4.69, 9.17) is 9.52 Å². The topological polar surface area (TPSA) is 75.4 Å². The van der Waals surface area contributed by atoms with E-state index in [2.05, 4.69) is 10.3 Å². The fourth-order valence-electron chi connectivity index (χ4n) is 1.61. The van der Waals surface area contributed by atoms with Gasteiger partial charge in [-0.1, -0.05) is 6.07 Å². The second-order valence-electron chi connectivity index (χ2n) is 3.99. The summed E-state index contributed by atoms with van der Waals surface area (Å²) in [4.78, 5) is 15.0. The number of nitrogens with zero attached hydrogens (tertiary/aromatic N) is 1. The van der Waals surface area contributed by atoms with E-state index in [0.717, 1.165) is 11.3 Å². The zero-order chi connectivity index (χ0) is 13.0. The van der Waals surface area contributed by atoms with Gasteiger partial charge in [0.1, 0.15) is 0 Å². The van der Waals surface area contributed by atoms with Crippen molar-refractivity contribution in [3.05, 3.63) is 53.2 Å². The highest BCUT2D eigenvalue weighted by molar-refractivity contribution is 5.86. The highest BCUT2D eigenvalue weighted by atomic mass is 16.4. The first kappa shape index (κ1) is 12.3. The molecule has 0 aromatic carbocycles. The minimum absolute atomic E-state index is 0.00969. The van der Waals surface area contributed by atoms with Crippen LogP contribution in [-0.4, -0.2) is 16.1 Å². The minimum Gasteiger partial charge on any atom is -0.475 e. The van der Waals surface area contributed by atoms with Crippen molar-refractivity contribution in [2.75, 3.05) is 0 Å². The number of aromatic carboxylic acids is 1. The summed E-state index contributed by atoms with van der Waals surface area (Å²) in [5.41, 5.74) is 2.67. The van der Waals surface area contributed by atoms with Gasteiger partial charge in [-0.15, -0.1) is 0 Å². The van der Waals surface area contributed by atoms with E-state index in [-0.39, 0.29) is 5.76 Å². The number of furan rings is 1. The highest BCUT2D eigenvalue weighted by Crippen LogP contribution is 2.10. The van der Waals surface area contributed by atoms with Crippen molar-refractivity contribution >= 4 is 5.97 Å². The second kappa shape index (κ2) is 5.46. The average Bonchev–Trinajstić information content (AvgIpc) is 2.80. The Morgan fingerprint density at radius 1 is 1.39 bits per heavy atom. The first-order valence-electron chi connectivity index (χ1n) is 5.58. The largest absolute Gasteiger partial charge is 0.475 e. The van der Waals surface area contributed by atoms with Crippen LogP contribution in [0.15, 0.2) is 35.1 Å². The maximum Gasteiger partial charge on any atom is 0.372 e. The Hall–Kier alpha value is -2.14. The highest BCUT2D eigenvalue weighted by Gasteiger charge is 2.12. The van der Waals surface area contributed by atoms with Gasteiger partial charge in [-0.25, -0.2) is 4.79 Å². The number of rotatable bonds is 5. The standard InChI is InChI=1S/C13H14N2O3/c1-9-2-3-10(7-15-9)6-14-8-11-4-5-18-12(11)13(16)17/h2-5,7,14H,6,8H2,1H3,(H,16,17). The molecule has 2 aromatic heterocycles. The molecule has 94 valence electrons. The number of carbonyl (C=O) groups is 1. The molecule has 18 heavy (non-hydrogen) atoms. The molecule has 0 aliphatic heterocycles. The second-order valence-corrected chi connectivity index (χ2v) is 3.99. The van der Waals surface area contributed by atoms with Gasteiger partial charge in [-0.2, -0.15) is 0 Å². The van der Waals surface area contributed by atoms with Gasteiger partial charge >= 0.3 is 5.97 Å². The Morgan fingerprint density at radius 3 is 2.89 bits per heavy atom. The zero-order valence-corrected chi connectivity index (χ0v) is 10.0. The molecule has 2 heterocycles. The summed E-state index contributed by atoms with van der Waals surface area (Å²) in [6.45, 7) is 3.02. The van der Waals surface area contributed by atoms with E-state index in [0.29, 0.717) is 18.7 Å². The molecule has 0 atom stereocenters. The normalized spacial score (nSPS) is 10.5. The van der Waals surface area contributed by atoms with Crippen molar-refractivity contribution in [3.63, 3.8) is 0 Å². The van der Waals surface area contributed by atoms with Crippen LogP contribution in [0.3, 0.4) is 0 Å². The molecule has 2 N–H and O–H groups in total. The van der Waals surface area contributed by atoms with E-state index in [1.54, 1.807) is 12.3 Å². The van der Waals surface area contributed by atoms with Gasteiger partial charge in [0.15, 0.2) is 0 Å². The van der Waals surface area contributed by atoms with Crippen molar-refractivity contribution in [3.8, 4) is 0 Å². The van der Waals surface area contributed by atoms with Gasteiger partial charge in [0.2, 0.25) is 5.76 Å². The molecule has 0 amide bonds. The lowest BCUT2D eigenvalue weighted by molar-refractivity contribution is 0.0660. The predicted octanol–water partition coefficient (Wildman–Crippen LogP) is 1.97. The molecule has 0 saturated heterocycles. The minimum atomic E-state index is -1.05. The van der Waals surface area contributed by atoms with Crippen LogP contribution in [-0.2, 0) is 13.1 Å². The molecule has 0 fully saturated rings. The molecule has 0 spiro atoms. The summed E-state index contributed by atoms with van der Waals surface area (Å²) in [5.74, 6) is -1.06. The van der Waals surface area contributed by atoms with Crippen LogP contribution in [0.25, 0.3) is 0 Å². The molecule has 2 rings (SSSR count). The molecule has 0 bridgehead atoms. The van der Waals surface area contributed by atoms with Gasteiger partial charge in [-0.3, -0.25) is 4.98 Å². The molecule has 0 unspecified atom stereocenters. The summed E-state index contributed by atoms with van der Waals surface area (Å²) in [7, 11) is 0. The van der Waals surface area contributed by atoms with Crippen LogP contribution >= 0.6 is 0 Å². The molecule has 5 nitrogen and oxygen atoms in total. The van der Waals surface area contributed by atoms with Crippen molar-refractivity contribution in [2.45, 2.75) is 20.0 Å². The number of aromatic nitrogens is 1. The van der Waals surface area contributed by atoms with Crippen molar-refractivity contribution in [2.24, 2.45) is 0 Å². The third-order valence-corrected chi connectivity index (χ3v) is 2.56. The molecule has 5 heteroatoms. The van der Waals surface area contributed by atoms with Crippen LogP contribution in [0.1, 0.15) is 27.4 Å². The van der Waals surface area contributed by atoms with Crippen LogP contribution < -0.4 is 5.32 Å². The summed E-state index contributed by atoms with van der Waals surface area (Å²) in [5, 5.41) is 12.0. The zero-order valence-electron chi connectivity index (χ0n) is 10.0. The fourth-order valence-corrected chi connectivity index (χ4v) is 1.61. The Morgan fingerprint density at radius 2 is 2.22 bits per heavy atom. The molecular weight excluding hydrogens is 232 g/mol. The molecular formula is C13H14N2O3. The van der Waals surface area contributed by atoms with Crippen LogP contribution in [0.2, 0.25) is 0 Å². The Balaban J connectivity index is 1.90. The summed E-state index contributed by atoms with van der Waals surface area (Å²) < 4.78 is 4.89. The Bertz CT molecular complexity index is 531. The van der Waals surface area contributed by atoms with Crippen LogP contribution in [0, 0.1) is 6.92 Å². The quantitative estimate of drug-likeness (QED) is 0.843. The smallest absolute Gasteiger partial charge is 0.372 e. The van der Waals surface area contributed by atoms with Gasteiger partial charge in [0.25, 0.3) is 0 Å². The number of pyridine rings is 1. The monoisotopic (exact) mass is 246 g/mol. The molecule has 0 aliphatic rings. The van der Waals surface area contributed by atoms with Gasteiger partial charge in [0.05, 0.1) is 6.26 Å². The Labute approximate surface area is 104 Å². The maximum absolute atomic E-state index is 10.8. The third kappa shape index (κ3) is 2.95. The number of nitrogens with one attached hydrogen (secondary N) is 1. The third-order valence-electron chi connectivity index (χ3n) is 2.56. The summed E-state index contributed by atoms with van der Waals surface area (Å²) in [6, 6.07) is 5.59. The van der Waals surface area contributed by atoms with Crippen molar-refractivity contribution in [1.82, 2.24) is 10.3 Å². The predicted molar refractivity (Wildman–Crippen MR) is 65.2 cm³/mol. The fraction of sp³-hybridized carbons (Fsp3) is 0.231.